The highest BCUT2D eigenvalue weighted by Crippen LogP contribution is 2.28. The number of hydrogen-bond donors (Lipinski definition) is 0. The molecule has 26 heavy (non-hydrogen) atoms. The normalized spacial score (nSPS) is 17.2. The molecule has 0 N–H and O–H groups in total. The van der Waals surface area contributed by atoms with Gasteiger partial charge >= 0.3 is 5.97 Å². The lowest BCUT2D eigenvalue weighted by Gasteiger charge is -2.36. The summed E-state index contributed by atoms with van der Waals surface area (Å²) in [5, 5.41) is 0.688. The number of carbonyl (C=O) groups excluding carboxylic acids is 1. The lowest BCUT2D eigenvalue weighted by atomic mass is 10.0. The second-order valence-electron chi connectivity index (χ2n) is 6.50. The van der Waals surface area contributed by atoms with Crippen molar-refractivity contribution in [1.82, 2.24) is 9.88 Å². The highest BCUT2D eigenvalue weighted by Gasteiger charge is 2.30. The second kappa shape index (κ2) is 8.45. The van der Waals surface area contributed by atoms with Crippen molar-refractivity contribution in [2.45, 2.75) is 45.3 Å². The van der Waals surface area contributed by atoms with E-state index in [1.54, 1.807) is 18.3 Å². The molecule has 5 nitrogen and oxygen atoms in total. The molecule has 6 heteroatoms. The number of likely N-dealkylation sites (tertiary alicyclic amines) is 1. The fraction of sp³-hybridized carbons (Fsp3) is 0.500. The van der Waals surface area contributed by atoms with Crippen molar-refractivity contribution < 1.29 is 18.7 Å². The Morgan fingerprint density at radius 1 is 1.31 bits per heavy atom. The van der Waals surface area contributed by atoms with Crippen LogP contribution in [0.1, 0.15) is 33.1 Å². The minimum Gasteiger partial charge on any atom is -0.490 e. The molecule has 1 saturated heterocycles. The molecular weight excluding hydrogens is 335 g/mol. The van der Waals surface area contributed by atoms with Gasteiger partial charge in [-0.05, 0) is 50.5 Å². The van der Waals surface area contributed by atoms with Crippen molar-refractivity contribution in [2.75, 3.05) is 19.7 Å². The van der Waals surface area contributed by atoms with E-state index in [-0.39, 0.29) is 23.9 Å². The van der Waals surface area contributed by atoms with Crippen LogP contribution in [0.5, 0.6) is 5.75 Å². The van der Waals surface area contributed by atoms with Crippen molar-refractivity contribution in [3.05, 3.63) is 36.3 Å². The maximum atomic E-state index is 13.6. The third kappa shape index (κ3) is 4.12. The summed E-state index contributed by atoms with van der Waals surface area (Å²) in [6.45, 7) is 5.79. The Kier molecular flexibility index (Phi) is 6.04. The predicted molar refractivity (Wildman–Crippen MR) is 97.6 cm³/mol. The first-order valence-electron chi connectivity index (χ1n) is 9.24. The van der Waals surface area contributed by atoms with Gasteiger partial charge in [0.15, 0.2) is 0 Å². The molecular formula is C20H25FN2O3. The van der Waals surface area contributed by atoms with Crippen LogP contribution < -0.4 is 4.74 Å². The van der Waals surface area contributed by atoms with E-state index in [4.69, 9.17) is 9.47 Å². The number of hydrogen-bond acceptors (Lipinski definition) is 5. The van der Waals surface area contributed by atoms with E-state index in [9.17, 15) is 9.18 Å². The van der Waals surface area contributed by atoms with Gasteiger partial charge in [-0.3, -0.25) is 14.7 Å². The summed E-state index contributed by atoms with van der Waals surface area (Å²) in [6.07, 6.45) is 4.08. The van der Waals surface area contributed by atoms with E-state index < -0.39 is 0 Å². The second-order valence-corrected chi connectivity index (χ2v) is 6.50. The van der Waals surface area contributed by atoms with Gasteiger partial charge in [0.1, 0.15) is 23.7 Å². The van der Waals surface area contributed by atoms with Gasteiger partial charge in [0.25, 0.3) is 0 Å². The van der Waals surface area contributed by atoms with Crippen molar-refractivity contribution in [1.29, 1.82) is 0 Å². The molecule has 0 radical (unpaired) electrons. The molecule has 0 amide bonds. The highest BCUT2D eigenvalue weighted by atomic mass is 19.1. The summed E-state index contributed by atoms with van der Waals surface area (Å²) >= 11 is 0. The minimum atomic E-state index is -0.301. The summed E-state index contributed by atoms with van der Waals surface area (Å²) in [5.41, 5.74) is 0.717. The largest absolute Gasteiger partial charge is 0.490 e. The van der Waals surface area contributed by atoms with Crippen LogP contribution in [0.3, 0.4) is 0 Å². The third-order valence-electron chi connectivity index (χ3n) is 4.82. The fourth-order valence-corrected chi connectivity index (χ4v) is 3.49. The molecule has 0 saturated carbocycles. The van der Waals surface area contributed by atoms with E-state index in [1.165, 1.54) is 12.1 Å². The first-order valence-corrected chi connectivity index (χ1v) is 9.24. The van der Waals surface area contributed by atoms with Crippen LogP contribution in [0.2, 0.25) is 0 Å². The number of rotatable bonds is 6. The number of halogens is 1. The number of pyridine rings is 1. The van der Waals surface area contributed by atoms with Gasteiger partial charge in [0.05, 0.1) is 12.1 Å². The van der Waals surface area contributed by atoms with Crippen LogP contribution in [0.4, 0.5) is 4.39 Å². The summed E-state index contributed by atoms with van der Waals surface area (Å²) < 4.78 is 24.9. The average molecular weight is 360 g/mol. The van der Waals surface area contributed by atoms with Gasteiger partial charge in [0.2, 0.25) is 0 Å². The Morgan fingerprint density at radius 3 is 2.77 bits per heavy atom. The van der Waals surface area contributed by atoms with E-state index in [0.717, 1.165) is 37.9 Å². The maximum absolute atomic E-state index is 13.6. The van der Waals surface area contributed by atoms with Crippen LogP contribution >= 0.6 is 0 Å². The molecule has 1 aliphatic heterocycles. The number of ether oxygens (including phenoxy) is 2. The van der Waals surface area contributed by atoms with Crippen LogP contribution in [0.25, 0.3) is 10.9 Å². The van der Waals surface area contributed by atoms with Gasteiger partial charge in [-0.15, -0.1) is 0 Å². The summed E-state index contributed by atoms with van der Waals surface area (Å²) in [5.74, 6) is 0.209. The Hall–Kier alpha value is -2.21. The molecule has 1 unspecified atom stereocenters. The Bertz CT molecular complexity index is 760. The summed E-state index contributed by atoms with van der Waals surface area (Å²) in [4.78, 5) is 18.5. The molecule has 1 aromatic carbocycles. The van der Waals surface area contributed by atoms with Gasteiger partial charge in [0, 0.05) is 24.7 Å². The molecule has 2 aromatic rings. The SMILES string of the molecule is CCOC(=O)C(CC)N1CCC(Oc2ccnc3ccc(F)cc23)CC1. The standard InChI is InChI=1S/C20H25FN2O3/c1-3-18(20(24)25-4-2)23-11-8-15(9-12-23)26-19-7-10-22-17-6-5-14(21)13-16(17)19/h5-7,10,13,15,18H,3-4,8-9,11-12H2,1-2H3. The van der Waals surface area contributed by atoms with E-state index >= 15 is 0 Å². The molecule has 1 atom stereocenters. The van der Waals surface area contributed by atoms with Crippen molar-refractivity contribution >= 4 is 16.9 Å². The lowest BCUT2D eigenvalue weighted by Crippen LogP contribution is -2.47. The number of carbonyl (C=O) groups is 1. The summed E-state index contributed by atoms with van der Waals surface area (Å²) in [7, 11) is 0. The lowest BCUT2D eigenvalue weighted by molar-refractivity contribution is -0.150. The van der Waals surface area contributed by atoms with Crippen LogP contribution in [-0.2, 0) is 9.53 Å². The smallest absolute Gasteiger partial charge is 0.323 e. The van der Waals surface area contributed by atoms with E-state index in [2.05, 4.69) is 9.88 Å². The van der Waals surface area contributed by atoms with Gasteiger partial charge in [-0.2, -0.15) is 0 Å². The van der Waals surface area contributed by atoms with Crippen molar-refractivity contribution in [3.8, 4) is 5.75 Å². The zero-order valence-corrected chi connectivity index (χ0v) is 15.3. The molecule has 3 rings (SSSR count). The average Bonchev–Trinajstić information content (AvgIpc) is 2.64. The van der Waals surface area contributed by atoms with Gasteiger partial charge in [-0.1, -0.05) is 6.92 Å². The molecule has 2 heterocycles. The maximum Gasteiger partial charge on any atom is 0.323 e. The minimum absolute atomic E-state index is 0.0415. The number of esters is 1. The predicted octanol–water partition coefficient (Wildman–Crippen LogP) is 3.56. The number of fused-ring (bicyclic) bond motifs is 1. The first-order chi connectivity index (χ1) is 12.6. The third-order valence-corrected chi connectivity index (χ3v) is 4.82. The Morgan fingerprint density at radius 2 is 2.08 bits per heavy atom. The molecule has 0 aliphatic carbocycles. The number of benzene rings is 1. The van der Waals surface area contributed by atoms with Crippen LogP contribution in [0.15, 0.2) is 30.5 Å². The fourth-order valence-electron chi connectivity index (χ4n) is 3.49. The van der Waals surface area contributed by atoms with Gasteiger partial charge < -0.3 is 9.47 Å². The van der Waals surface area contributed by atoms with E-state index in [0.29, 0.717) is 17.7 Å². The van der Waals surface area contributed by atoms with Gasteiger partial charge in [-0.25, -0.2) is 4.39 Å². The Labute approximate surface area is 153 Å². The zero-order valence-electron chi connectivity index (χ0n) is 15.3. The molecule has 0 bridgehead atoms. The molecule has 1 aliphatic rings. The Balaban J connectivity index is 1.64. The van der Waals surface area contributed by atoms with Crippen LogP contribution in [0, 0.1) is 5.82 Å². The summed E-state index contributed by atoms with van der Waals surface area (Å²) in [6, 6.07) is 6.11. The number of aromatic nitrogens is 1. The zero-order chi connectivity index (χ0) is 18.5. The first kappa shape index (κ1) is 18.6. The quantitative estimate of drug-likeness (QED) is 0.737. The monoisotopic (exact) mass is 360 g/mol. The topological polar surface area (TPSA) is 51.7 Å². The number of piperidine rings is 1. The molecule has 1 aromatic heterocycles. The number of nitrogens with zero attached hydrogens (tertiary/aromatic N) is 2. The van der Waals surface area contributed by atoms with Crippen molar-refractivity contribution in [2.24, 2.45) is 0 Å². The van der Waals surface area contributed by atoms with E-state index in [1.807, 2.05) is 13.8 Å². The molecule has 140 valence electrons. The van der Waals surface area contributed by atoms with Crippen LogP contribution in [-0.4, -0.2) is 47.7 Å². The van der Waals surface area contributed by atoms with Crippen molar-refractivity contribution in [3.63, 3.8) is 0 Å². The highest BCUT2D eigenvalue weighted by molar-refractivity contribution is 5.84. The molecule has 0 spiro atoms. The molecule has 1 fully saturated rings.